The molecule has 0 heterocycles. The van der Waals surface area contributed by atoms with Gasteiger partial charge in [0.25, 0.3) is 10.0 Å². The fourth-order valence-corrected chi connectivity index (χ4v) is 7.72. The number of benzene rings is 2. The van der Waals surface area contributed by atoms with Crippen molar-refractivity contribution in [2.45, 2.75) is 85.0 Å². The highest BCUT2D eigenvalue weighted by Gasteiger charge is 2.42. The smallest absolute Gasteiger partial charge is 0.271 e. The molecule has 0 saturated carbocycles. The molecule has 0 radical (unpaired) electrons. The molecule has 12 heteroatoms. The maximum atomic E-state index is 15.1. The van der Waals surface area contributed by atoms with Crippen LogP contribution in [0.4, 0.5) is 11.4 Å². The van der Waals surface area contributed by atoms with Crippen LogP contribution in [0, 0.1) is 10.8 Å². The molecule has 0 unspecified atom stereocenters. The highest BCUT2D eigenvalue weighted by atomic mass is 32.2. The van der Waals surface area contributed by atoms with E-state index in [9.17, 15) is 13.2 Å². The number of anilines is 1. The number of aliphatic imine (C=N–C) groups is 1. The fourth-order valence-electron chi connectivity index (χ4n) is 4.90. The van der Waals surface area contributed by atoms with E-state index < -0.39 is 31.4 Å². The SMILES string of the molecule is COc1ccc(N=C2C=CC(=N)C=C2N(C(=O)C(C)(C)C)S(=O)(=O)c2c(C(C)C)cc(C(C)C)cc2C(C)C)cc1NS(C)(=O)=O. The van der Waals surface area contributed by atoms with E-state index in [1.54, 1.807) is 26.8 Å². The van der Waals surface area contributed by atoms with E-state index in [0.29, 0.717) is 11.1 Å². The summed E-state index contributed by atoms with van der Waals surface area (Å²) >= 11 is 0. The number of carbonyl (C=O) groups is 1. The Morgan fingerprint density at radius 3 is 1.93 bits per heavy atom. The highest BCUT2D eigenvalue weighted by Crippen LogP contribution is 2.40. The monoisotopic (exact) mass is 670 g/mol. The van der Waals surface area contributed by atoms with E-state index in [1.807, 2.05) is 39.8 Å². The molecule has 2 aromatic rings. The molecule has 1 aliphatic carbocycles. The van der Waals surface area contributed by atoms with Crippen LogP contribution in [0.25, 0.3) is 0 Å². The van der Waals surface area contributed by atoms with Crippen LogP contribution in [0.15, 0.2) is 64.1 Å². The van der Waals surface area contributed by atoms with Crippen LogP contribution in [0.1, 0.15) is 96.8 Å². The van der Waals surface area contributed by atoms with Crippen LogP contribution < -0.4 is 9.46 Å². The van der Waals surface area contributed by atoms with E-state index in [0.717, 1.165) is 16.1 Å². The average molecular weight is 671 g/mol. The van der Waals surface area contributed by atoms with Crippen LogP contribution in [0.2, 0.25) is 0 Å². The standard InChI is InChI=1S/C34H46N4O6S2/c1-20(2)23-16-26(21(3)4)32(27(17-23)22(5)6)46(42,43)38(33(39)34(7,8)9)30-18-24(35)12-14-28(30)36-25-13-15-31(44-10)29(19-25)37-45(11,40)41/h12-22,35,37H,1-11H3. The summed E-state index contributed by atoms with van der Waals surface area (Å²) in [5.74, 6) is -0.652. The van der Waals surface area contributed by atoms with Crippen molar-refractivity contribution >= 4 is 48.8 Å². The van der Waals surface area contributed by atoms with Gasteiger partial charge in [0.15, 0.2) is 0 Å². The van der Waals surface area contributed by atoms with Crippen molar-refractivity contribution < 1.29 is 26.4 Å². The lowest BCUT2D eigenvalue weighted by atomic mass is 9.89. The number of amides is 1. The molecule has 250 valence electrons. The minimum absolute atomic E-state index is 0.0201. The molecule has 0 aromatic heterocycles. The molecule has 2 aromatic carbocycles. The summed E-state index contributed by atoms with van der Waals surface area (Å²) < 4.78 is 62.7. The predicted octanol–water partition coefficient (Wildman–Crippen LogP) is 7.25. The van der Waals surface area contributed by atoms with Crippen molar-refractivity contribution in [1.82, 2.24) is 4.31 Å². The minimum Gasteiger partial charge on any atom is -0.495 e. The Kier molecular flexibility index (Phi) is 10.8. The number of carbonyl (C=O) groups excluding carboxylic acids is 1. The highest BCUT2D eigenvalue weighted by molar-refractivity contribution is 7.92. The first-order valence-electron chi connectivity index (χ1n) is 15.1. The van der Waals surface area contributed by atoms with Gasteiger partial charge in [0.1, 0.15) is 5.75 Å². The third kappa shape index (κ3) is 8.14. The number of rotatable bonds is 10. The maximum absolute atomic E-state index is 15.1. The molecule has 0 saturated heterocycles. The lowest BCUT2D eigenvalue weighted by Gasteiger charge is -2.33. The zero-order chi connectivity index (χ0) is 34.9. The molecule has 1 aliphatic rings. The van der Waals surface area contributed by atoms with Gasteiger partial charge in [-0.05, 0) is 70.9 Å². The van der Waals surface area contributed by atoms with Crippen molar-refractivity contribution in [2.24, 2.45) is 10.4 Å². The second kappa shape index (κ2) is 13.5. The first-order valence-corrected chi connectivity index (χ1v) is 18.4. The molecule has 1 amide bonds. The first-order chi connectivity index (χ1) is 21.1. The summed E-state index contributed by atoms with van der Waals surface area (Å²) in [6.45, 7) is 16.7. The van der Waals surface area contributed by atoms with Crippen LogP contribution >= 0.6 is 0 Å². The quantitative estimate of drug-likeness (QED) is 0.255. The molecule has 2 N–H and O–H groups in total. The Morgan fingerprint density at radius 2 is 1.48 bits per heavy atom. The molecule has 10 nitrogen and oxygen atoms in total. The Balaban J connectivity index is 2.40. The van der Waals surface area contributed by atoms with Gasteiger partial charge in [-0.25, -0.2) is 26.1 Å². The molecule has 3 rings (SSSR count). The van der Waals surface area contributed by atoms with Crippen molar-refractivity contribution in [1.29, 1.82) is 5.41 Å². The van der Waals surface area contributed by atoms with Crippen molar-refractivity contribution in [2.75, 3.05) is 18.1 Å². The van der Waals surface area contributed by atoms with Crippen LogP contribution in [0.5, 0.6) is 5.75 Å². The average Bonchev–Trinajstić information content (AvgIpc) is 2.92. The zero-order valence-corrected chi connectivity index (χ0v) is 30.1. The van der Waals surface area contributed by atoms with E-state index in [2.05, 4.69) is 23.6 Å². The van der Waals surface area contributed by atoms with Crippen LogP contribution in [-0.4, -0.2) is 51.8 Å². The largest absolute Gasteiger partial charge is 0.495 e. The van der Waals surface area contributed by atoms with Crippen molar-refractivity contribution in [3.63, 3.8) is 0 Å². The van der Waals surface area contributed by atoms with Gasteiger partial charge in [-0.3, -0.25) is 9.52 Å². The molecule has 0 atom stereocenters. The summed E-state index contributed by atoms with van der Waals surface area (Å²) in [5, 5.41) is 8.43. The molecule has 0 bridgehead atoms. The first kappa shape index (κ1) is 36.7. The van der Waals surface area contributed by atoms with Gasteiger partial charge >= 0.3 is 0 Å². The third-order valence-corrected chi connectivity index (χ3v) is 9.75. The molecule has 0 fully saturated rings. The maximum Gasteiger partial charge on any atom is 0.271 e. The third-order valence-electron chi connectivity index (χ3n) is 7.33. The van der Waals surface area contributed by atoms with Gasteiger partial charge < -0.3 is 10.1 Å². The number of allylic oxidation sites excluding steroid dienone is 3. The second-order valence-corrected chi connectivity index (χ2v) is 16.9. The van der Waals surface area contributed by atoms with E-state index in [4.69, 9.17) is 10.1 Å². The number of sulfonamides is 2. The van der Waals surface area contributed by atoms with Crippen LogP contribution in [-0.2, 0) is 24.8 Å². The van der Waals surface area contributed by atoms with Crippen molar-refractivity contribution in [3.8, 4) is 5.75 Å². The topological polar surface area (TPSA) is 146 Å². The summed E-state index contributed by atoms with van der Waals surface area (Å²) in [4.78, 5) is 19.0. The molecule has 46 heavy (non-hydrogen) atoms. The number of nitrogens with zero attached hydrogens (tertiary/aromatic N) is 2. The zero-order valence-electron chi connectivity index (χ0n) is 28.5. The molecular weight excluding hydrogens is 625 g/mol. The van der Waals surface area contributed by atoms with Gasteiger partial charge in [0.05, 0.1) is 46.8 Å². The van der Waals surface area contributed by atoms with Gasteiger partial charge in [0.2, 0.25) is 15.9 Å². The predicted molar refractivity (Wildman–Crippen MR) is 186 cm³/mol. The second-order valence-electron chi connectivity index (χ2n) is 13.4. The van der Waals surface area contributed by atoms with Crippen molar-refractivity contribution in [3.05, 3.63) is 70.9 Å². The Labute approximate surface area is 274 Å². The number of methoxy groups -OCH3 is 1. The number of nitrogens with one attached hydrogen (secondary N) is 2. The number of ether oxygens (including phenoxy) is 1. The minimum atomic E-state index is -4.58. The summed E-state index contributed by atoms with van der Waals surface area (Å²) in [5.41, 5.74) is 1.47. The normalized spacial score (nSPS) is 15.1. The summed E-state index contributed by atoms with van der Waals surface area (Å²) in [7, 11) is -6.84. The number of hydrogen-bond donors (Lipinski definition) is 2. The summed E-state index contributed by atoms with van der Waals surface area (Å²) in [6.07, 6.45) is 5.24. The lowest BCUT2D eigenvalue weighted by Crippen LogP contribution is -2.45. The Morgan fingerprint density at radius 1 is 0.913 bits per heavy atom. The van der Waals surface area contributed by atoms with E-state index >= 15 is 8.42 Å². The van der Waals surface area contributed by atoms with E-state index in [1.165, 1.54) is 37.5 Å². The number of hydrogen-bond acceptors (Lipinski definition) is 8. The fraction of sp³-hybridized carbons (Fsp3) is 0.441. The van der Waals surface area contributed by atoms with Gasteiger partial charge in [-0.15, -0.1) is 0 Å². The Bertz CT molecular complexity index is 1820. The molecule has 0 spiro atoms. The molecular formula is C34H46N4O6S2. The van der Waals surface area contributed by atoms with Gasteiger partial charge in [-0.1, -0.05) is 74.4 Å². The summed E-state index contributed by atoms with van der Waals surface area (Å²) in [6, 6.07) is 8.37. The molecule has 0 aliphatic heterocycles. The van der Waals surface area contributed by atoms with Crippen LogP contribution in [0.3, 0.4) is 0 Å². The lowest BCUT2D eigenvalue weighted by molar-refractivity contribution is -0.132. The van der Waals surface area contributed by atoms with Gasteiger partial charge in [0, 0.05) is 5.41 Å². The van der Waals surface area contributed by atoms with Gasteiger partial charge in [-0.2, -0.15) is 0 Å². The van der Waals surface area contributed by atoms with E-state index in [-0.39, 0.29) is 56.9 Å². The Hall–Kier alpha value is -3.77.